The molecule has 102 valence electrons. The Labute approximate surface area is 106 Å². The maximum atomic E-state index is 13.4. The van der Waals surface area contributed by atoms with E-state index in [2.05, 4.69) is 11.2 Å². The van der Waals surface area contributed by atoms with Crippen LogP contribution in [0.4, 0.5) is 17.6 Å². The van der Waals surface area contributed by atoms with Crippen molar-refractivity contribution in [3.8, 4) is 11.8 Å². The normalized spacial score (nSPS) is 9.95. The van der Waals surface area contributed by atoms with Crippen LogP contribution >= 0.6 is 0 Å². The number of carbonyl (C=O) groups is 1. The third-order valence-corrected chi connectivity index (χ3v) is 2.19. The van der Waals surface area contributed by atoms with Gasteiger partial charge in [0.2, 0.25) is 0 Å². The maximum absolute atomic E-state index is 13.4. The molecule has 0 aromatic heterocycles. The van der Waals surface area contributed by atoms with Crippen molar-refractivity contribution >= 4 is 5.97 Å². The molecule has 0 bridgehead atoms. The molecule has 0 aliphatic carbocycles. The van der Waals surface area contributed by atoms with E-state index in [1.807, 2.05) is 5.92 Å². The summed E-state index contributed by atoms with van der Waals surface area (Å²) in [6.45, 7) is 0.425. The molecule has 3 nitrogen and oxygen atoms in total. The fourth-order valence-corrected chi connectivity index (χ4v) is 1.27. The first-order valence-electron chi connectivity index (χ1n) is 5.14. The Morgan fingerprint density at radius 3 is 2.11 bits per heavy atom. The fourth-order valence-electron chi connectivity index (χ4n) is 1.27. The minimum atomic E-state index is -2.09. The summed E-state index contributed by atoms with van der Waals surface area (Å²) in [7, 11) is 1.63. The molecule has 1 aromatic rings. The summed E-state index contributed by atoms with van der Waals surface area (Å²) in [5.74, 6) is -5.39. The van der Waals surface area contributed by atoms with Gasteiger partial charge in [0.25, 0.3) is 0 Å². The Balaban J connectivity index is 3.35. The van der Waals surface area contributed by atoms with Crippen LogP contribution in [-0.2, 0) is 0 Å². The summed E-state index contributed by atoms with van der Waals surface area (Å²) in [4.78, 5) is 10.5. The second kappa shape index (κ2) is 6.20. The van der Waals surface area contributed by atoms with Gasteiger partial charge in [0.1, 0.15) is 11.1 Å². The van der Waals surface area contributed by atoms with Gasteiger partial charge >= 0.3 is 5.97 Å². The number of nitrogens with one attached hydrogen (secondary N) is 1. The van der Waals surface area contributed by atoms with E-state index in [0.29, 0.717) is 6.54 Å². The van der Waals surface area contributed by atoms with Crippen molar-refractivity contribution in [3.05, 3.63) is 34.4 Å². The molecule has 0 saturated carbocycles. The van der Waals surface area contributed by atoms with Gasteiger partial charge in [-0.2, -0.15) is 0 Å². The molecule has 0 heterocycles. The van der Waals surface area contributed by atoms with Crippen molar-refractivity contribution in [3.63, 3.8) is 0 Å². The quantitative estimate of drug-likeness (QED) is 0.383. The average Bonchev–Trinajstić information content (AvgIpc) is 2.35. The molecular weight excluding hydrogens is 266 g/mol. The van der Waals surface area contributed by atoms with Gasteiger partial charge in [-0.15, -0.1) is 0 Å². The van der Waals surface area contributed by atoms with Gasteiger partial charge in [-0.1, -0.05) is 11.8 Å². The lowest BCUT2D eigenvalue weighted by Gasteiger charge is -2.05. The second-order valence-electron chi connectivity index (χ2n) is 3.47. The number of hydrogen-bond acceptors (Lipinski definition) is 2. The molecule has 7 heteroatoms. The summed E-state index contributed by atoms with van der Waals surface area (Å²) in [6, 6.07) is 0. The van der Waals surface area contributed by atoms with Crippen LogP contribution in [0.5, 0.6) is 0 Å². The smallest absolute Gasteiger partial charge is 0.341 e. The van der Waals surface area contributed by atoms with Crippen LogP contribution in [0.15, 0.2) is 0 Å². The summed E-state index contributed by atoms with van der Waals surface area (Å²) in [6.07, 6.45) is 0.208. The zero-order chi connectivity index (χ0) is 14.6. The number of carboxylic acids is 1. The standard InChI is InChI=1S/C12H9F4NO2/c1-17-5-3-2-4-6-8(13)10(15)7(12(18)19)11(16)9(6)14/h17H,3,5H2,1H3,(H,18,19). The Morgan fingerprint density at radius 1 is 1.16 bits per heavy atom. The largest absolute Gasteiger partial charge is 0.477 e. The number of halogens is 4. The highest BCUT2D eigenvalue weighted by atomic mass is 19.2. The van der Waals surface area contributed by atoms with Crippen molar-refractivity contribution in [1.82, 2.24) is 5.32 Å². The van der Waals surface area contributed by atoms with Crippen molar-refractivity contribution in [2.75, 3.05) is 13.6 Å². The van der Waals surface area contributed by atoms with Gasteiger partial charge in [0.15, 0.2) is 23.3 Å². The predicted molar refractivity (Wildman–Crippen MR) is 58.7 cm³/mol. The zero-order valence-electron chi connectivity index (χ0n) is 9.78. The summed E-state index contributed by atoms with van der Waals surface area (Å²) in [5, 5.41) is 11.2. The molecule has 1 rings (SSSR count). The average molecular weight is 275 g/mol. The topological polar surface area (TPSA) is 49.3 Å². The minimum absolute atomic E-state index is 0.208. The summed E-state index contributed by atoms with van der Waals surface area (Å²) >= 11 is 0. The summed E-state index contributed by atoms with van der Waals surface area (Å²) in [5.41, 5.74) is -2.79. The molecule has 0 amide bonds. The Morgan fingerprint density at radius 2 is 1.68 bits per heavy atom. The molecule has 0 radical (unpaired) electrons. The lowest BCUT2D eigenvalue weighted by Crippen LogP contribution is -2.12. The van der Waals surface area contributed by atoms with Crippen LogP contribution in [0, 0.1) is 35.1 Å². The third-order valence-electron chi connectivity index (χ3n) is 2.19. The summed E-state index contributed by atoms with van der Waals surface area (Å²) < 4.78 is 53.4. The van der Waals surface area contributed by atoms with E-state index in [1.165, 1.54) is 0 Å². The van der Waals surface area contributed by atoms with Gasteiger partial charge in [-0.05, 0) is 7.05 Å². The highest BCUT2D eigenvalue weighted by Crippen LogP contribution is 2.23. The van der Waals surface area contributed by atoms with Gasteiger partial charge in [0, 0.05) is 13.0 Å². The van der Waals surface area contributed by atoms with Gasteiger partial charge in [-0.3, -0.25) is 0 Å². The first-order chi connectivity index (χ1) is 8.91. The molecule has 1 aromatic carbocycles. The van der Waals surface area contributed by atoms with Gasteiger partial charge in [-0.25, -0.2) is 22.4 Å². The molecule has 0 aliphatic rings. The fraction of sp³-hybridized carbons (Fsp3) is 0.250. The van der Waals surface area contributed by atoms with Crippen LogP contribution in [0.2, 0.25) is 0 Å². The molecular formula is C12H9F4NO2. The predicted octanol–water partition coefficient (Wildman–Crippen LogP) is 1.90. The highest BCUT2D eigenvalue weighted by Gasteiger charge is 2.28. The molecule has 0 saturated heterocycles. The monoisotopic (exact) mass is 275 g/mol. The lowest BCUT2D eigenvalue weighted by molar-refractivity contribution is 0.0683. The Kier molecular flexibility index (Phi) is 4.89. The molecule has 0 fully saturated rings. The Hall–Kier alpha value is -2.07. The molecule has 0 atom stereocenters. The third kappa shape index (κ3) is 3.03. The number of rotatable bonds is 3. The second-order valence-corrected chi connectivity index (χ2v) is 3.47. The van der Waals surface area contributed by atoms with Crippen LogP contribution < -0.4 is 5.32 Å². The highest BCUT2D eigenvalue weighted by molar-refractivity contribution is 5.88. The van der Waals surface area contributed by atoms with Crippen LogP contribution in [0.1, 0.15) is 22.3 Å². The van der Waals surface area contributed by atoms with Gasteiger partial charge in [0.05, 0.1) is 0 Å². The first-order valence-corrected chi connectivity index (χ1v) is 5.14. The van der Waals surface area contributed by atoms with E-state index in [0.717, 1.165) is 0 Å². The zero-order valence-corrected chi connectivity index (χ0v) is 9.78. The van der Waals surface area contributed by atoms with E-state index in [4.69, 9.17) is 5.11 Å². The van der Waals surface area contributed by atoms with Crippen molar-refractivity contribution in [2.45, 2.75) is 6.42 Å². The number of benzene rings is 1. The van der Waals surface area contributed by atoms with E-state index in [9.17, 15) is 22.4 Å². The van der Waals surface area contributed by atoms with Gasteiger partial charge < -0.3 is 10.4 Å². The molecule has 2 N–H and O–H groups in total. The van der Waals surface area contributed by atoms with Crippen LogP contribution in [0.3, 0.4) is 0 Å². The number of carboxylic acid groups (broad SMARTS) is 1. The number of aromatic carboxylic acids is 1. The minimum Gasteiger partial charge on any atom is -0.477 e. The van der Waals surface area contributed by atoms with Crippen LogP contribution in [0.25, 0.3) is 0 Å². The molecule has 0 spiro atoms. The van der Waals surface area contributed by atoms with E-state index in [1.54, 1.807) is 7.05 Å². The van der Waals surface area contributed by atoms with Crippen LogP contribution in [-0.4, -0.2) is 24.7 Å². The van der Waals surface area contributed by atoms with E-state index in [-0.39, 0.29) is 6.42 Å². The maximum Gasteiger partial charge on any atom is 0.341 e. The van der Waals surface area contributed by atoms with E-state index < -0.39 is 40.4 Å². The molecule has 0 unspecified atom stereocenters. The Bertz CT molecular complexity index is 546. The van der Waals surface area contributed by atoms with Crippen molar-refractivity contribution < 1.29 is 27.5 Å². The lowest BCUT2D eigenvalue weighted by atomic mass is 10.1. The van der Waals surface area contributed by atoms with Crippen molar-refractivity contribution in [2.24, 2.45) is 0 Å². The molecule has 19 heavy (non-hydrogen) atoms. The van der Waals surface area contributed by atoms with Crippen molar-refractivity contribution in [1.29, 1.82) is 0 Å². The SMILES string of the molecule is CNCCC#Cc1c(F)c(F)c(C(=O)O)c(F)c1F. The molecule has 0 aliphatic heterocycles. The first kappa shape index (κ1) is 15.0. The number of hydrogen-bond donors (Lipinski definition) is 2. The van der Waals surface area contributed by atoms with E-state index >= 15 is 0 Å².